The zero-order valence-electron chi connectivity index (χ0n) is 13.4. The number of aromatic hydroxyl groups is 2. The second kappa shape index (κ2) is 7.05. The summed E-state index contributed by atoms with van der Waals surface area (Å²) in [5.41, 5.74) is 1.44. The first-order valence-electron chi connectivity index (χ1n) is 7.63. The maximum Gasteiger partial charge on any atom is 0.115 e. The number of phenolic OH excluding ortho intramolecular Hbond substituents is 2. The largest absolute Gasteiger partial charge is 0.508 e. The molecule has 0 saturated heterocycles. The first-order chi connectivity index (χ1) is 11.0. The molecule has 2 rings (SSSR count). The second-order valence-electron chi connectivity index (χ2n) is 5.67. The van der Waals surface area contributed by atoms with Gasteiger partial charge in [-0.2, -0.15) is 0 Å². The lowest BCUT2D eigenvalue weighted by atomic mass is 9.76. The first-order valence-corrected chi connectivity index (χ1v) is 7.63. The molecule has 0 fully saturated rings. The van der Waals surface area contributed by atoms with E-state index in [0.717, 1.165) is 17.5 Å². The van der Waals surface area contributed by atoms with Crippen molar-refractivity contribution in [3.63, 3.8) is 0 Å². The highest BCUT2D eigenvalue weighted by molar-refractivity contribution is 5.46. The Bertz CT molecular complexity index is 649. The summed E-state index contributed by atoms with van der Waals surface area (Å²) in [7, 11) is 0. The van der Waals surface area contributed by atoms with Gasteiger partial charge in [-0.3, -0.25) is 0 Å². The Morgan fingerprint density at radius 2 is 1.35 bits per heavy atom. The van der Waals surface area contributed by atoms with Gasteiger partial charge in [-0.05, 0) is 60.9 Å². The number of aliphatic hydroxyl groups excluding tert-OH is 1. The van der Waals surface area contributed by atoms with E-state index in [0.29, 0.717) is 0 Å². The van der Waals surface area contributed by atoms with Crippen LogP contribution in [-0.2, 0) is 5.41 Å². The molecule has 23 heavy (non-hydrogen) atoms. The lowest BCUT2D eigenvalue weighted by molar-refractivity contribution is 0.428. The van der Waals surface area contributed by atoms with E-state index >= 15 is 0 Å². The predicted molar refractivity (Wildman–Crippen MR) is 92.8 cm³/mol. The third-order valence-electron chi connectivity index (χ3n) is 3.93. The number of hydrogen-bond acceptors (Lipinski definition) is 3. The summed E-state index contributed by atoms with van der Waals surface area (Å²) < 4.78 is 0. The van der Waals surface area contributed by atoms with E-state index in [2.05, 4.69) is 0 Å². The maximum atomic E-state index is 9.89. The lowest BCUT2D eigenvalue weighted by Crippen LogP contribution is -2.20. The van der Waals surface area contributed by atoms with Gasteiger partial charge in [-0.25, -0.2) is 0 Å². The maximum absolute atomic E-state index is 9.89. The van der Waals surface area contributed by atoms with Crippen LogP contribution in [-0.4, -0.2) is 15.3 Å². The summed E-state index contributed by atoms with van der Waals surface area (Å²) in [6, 6.07) is 14.0. The first kappa shape index (κ1) is 16.7. The number of aliphatic hydroxyl groups is 1. The van der Waals surface area contributed by atoms with E-state index in [4.69, 9.17) is 0 Å². The summed E-state index contributed by atoms with van der Waals surface area (Å²) in [5.74, 6) is 0.635. The summed E-state index contributed by atoms with van der Waals surface area (Å²) in [4.78, 5) is 0. The minimum atomic E-state index is -0.503. The van der Waals surface area contributed by atoms with Gasteiger partial charge < -0.3 is 15.3 Å². The van der Waals surface area contributed by atoms with Crippen molar-refractivity contribution in [2.75, 3.05) is 0 Å². The molecule has 0 aliphatic heterocycles. The molecule has 0 aliphatic rings. The summed E-state index contributed by atoms with van der Waals surface area (Å²) in [6.07, 6.45) is 6.10. The SMILES string of the molecule is CC/C=C(O)\C=C/C(C)(c1ccc(O)cc1)c1ccc(O)cc1. The highest BCUT2D eigenvalue weighted by Crippen LogP contribution is 2.35. The minimum Gasteiger partial charge on any atom is -0.508 e. The topological polar surface area (TPSA) is 60.7 Å². The third-order valence-corrected chi connectivity index (χ3v) is 3.93. The molecule has 0 spiro atoms. The highest BCUT2D eigenvalue weighted by atomic mass is 16.3. The van der Waals surface area contributed by atoms with Gasteiger partial charge in [0.15, 0.2) is 0 Å². The molecule has 0 radical (unpaired) electrons. The molecule has 2 aromatic rings. The Hall–Kier alpha value is -2.68. The van der Waals surface area contributed by atoms with Gasteiger partial charge in [-0.15, -0.1) is 0 Å². The Kier molecular flexibility index (Phi) is 5.12. The van der Waals surface area contributed by atoms with E-state index in [1.54, 1.807) is 36.4 Å². The summed E-state index contributed by atoms with van der Waals surface area (Å²) in [6.45, 7) is 3.99. The van der Waals surface area contributed by atoms with Crippen LogP contribution in [0.25, 0.3) is 0 Å². The molecule has 0 unspecified atom stereocenters. The average molecular weight is 310 g/mol. The number of benzene rings is 2. The smallest absolute Gasteiger partial charge is 0.115 e. The molecule has 3 nitrogen and oxygen atoms in total. The van der Waals surface area contributed by atoms with Crippen LogP contribution in [0.4, 0.5) is 0 Å². The molecule has 0 aliphatic carbocycles. The van der Waals surface area contributed by atoms with Crippen molar-refractivity contribution in [1.82, 2.24) is 0 Å². The lowest BCUT2D eigenvalue weighted by Gasteiger charge is -2.28. The Morgan fingerprint density at radius 1 is 0.913 bits per heavy atom. The van der Waals surface area contributed by atoms with Crippen LogP contribution in [0.3, 0.4) is 0 Å². The van der Waals surface area contributed by atoms with Gasteiger partial charge in [0.2, 0.25) is 0 Å². The van der Waals surface area contributed by atoms with E-state index in [-0.39, 0.29) is 17.3 Å². The normalized spacial score (nSPS) is 12.7. The van der Waals surface area contributed by atoms with Crippen LogP contribution in [0.2, 0.25) is 0 Å². The van der Waals surface area contributed by atoms with Crippen LogP contribution in [0.5, 0.6) is 11.5 Å². The molecule has 0 aromatic heterocycles. The predicted octanol–water partition coefficient (Wildman–Crippen LogP) is 4.81. The van der Waals surface area contributed by atoms with Gasteiger partial charge in [0.05, 0.1) is 0 Å². The molecule has 0 amide bonds. The monoisotopic (exact) mass is 310 g/mol. The van der Waals surface area contributed by atoms with Gasteiger partial charge in [0.25, 0.3) is 0 Å². The van der Waals surface area contributed by atoms with E-state index in [9.17, 15) is 15.3 Å². The highest BCUT2D eigenvalue weighted by Gasteiger charge is 2.26. The number of phenols is 2. The molecule has 0 heterocycles. The van der Waals surface area contributed by atoms with Gasteiger partial charge >= 0.3 is 0 Å². The van der Waals surface area contributed by atoms with Crippen molar-refractivity contribution in [3.05, 3.63) is 83.6 Å². The molecule has 0 saturated carbocycles. The molecule has 3 heteroatoms. The minimum absolute atomic E-state index is 0.208. The van der Waals surface area contributed by atoms with Crippen molar-refractivity contribution in [2.45, 2.75) is 25.7 Å². The van der Waals surface area contributed by atoms with Crippen molar-refractivity contribution in [3.8, 4) is 11.5 Å². The van der Waals surface area contributed by atoms with Crippen molar-refractivity contribution >= 4 is 0 Å². The number of rotatable bonds is 5. The molecule has 0 bridgehead atoms. The van der Waals surface area contributed by atoms with E-state index in [1.165, 1.54) is 0 Å². The molecular weight excluding hydrogens is 288 g/mol. The fourth-order valence-electron chi connectivity index (χ4n) is 2.50. The Balaban J connectivity index is 2.51. The van der Waals surface area contributed by atoms with Crippen LogP contribution in [0.15, 0.2) is 72.5 Å². The van der Waals surface area contributed by atoms with Crippen LogP contribution in [0.1, 0.15) is 31.4 Å². The molecule has 120 valence electrons. The third kappa shape index (κ3) is 3.95. The zero-order chi connectivity index (χ0) is 16.9. The van der Waals surface area contributed by atoms with Gasteiger partial charge in [0.1, 0.15) is 17.3 Å². The van der Waals surface area contributed by atoms with Crippen LogP contribution < -0.4 is 0 Å². The molecule has 0 atom stereocenters. The molecule has 3 N–H and O–H groups in total. The van der Waals surface area contributed by atoms with Gasteiger partial charge in [0, 0.05) is 5.41 Å². The van der Waals surface area contributed by atoms with E-state index < -0.39 is 5.41 Å². The summed E-state index contributed by atoms with van der Waals surface area (Å²) >= 11 is 0. The summed E-state index contributed by atoms with van der Waals surface area (Å²) in [5, 5.41) is 28.9. The van der Waals surface area contributed by atoms with Crippen LogP contribution >= 0.6 is 0 Å². The Labute approximate surface area is 136 Å². The number of hydrogen-bond donors (Lipinski definition) is 3. The second-order valence-corrected chi connectivity index (χ2v) is 5.67. The van der Waals surface area contributed by atoms with Crippen LogP contribution in [0, 0.1) is 0 Å². The van der Waals surface area contributed by atoms with Crippen molar-refractivity contribution in [2.24, 2.45) is 0 Å². The van der Waals surface area contributed by atoms with E-state index in [1.807, 2.05) is 44.2 Å². The average Bonchev–Trinajstić information content (AvgIpc) is 2.54. The number of allylic oxidation sites excluding steroid dienone is 3. The quantitative estimate of drug-likeness (QED) is 0.548. The van der Waals surface area contributed by atoms with Crippen molar-refractivity contribution < 1.29 is 15.3 Å². The standard InChI is InChI=1S/C20H22O3/c1-3-4-17(21)13-14-20(2,15-5-9-18(22)10-6-15)16-7-11-19(23)12-8-16/h4-14,21-23H,3H2,1-2H3/b14-13-,17-4+. The Morgan fingerprint density at radius 3 is 1.74 bits per heavy atom. The zero-order valence-corrected chi connectivity index (χ0v) is 13.4. The molecule has 2 aromatic carbocycles. The fourth-order valence-corrected chi connectivity index (χ4v) is 2.50. The molecular formula is C20H22O3. The van der Waals surface area contributed by atoms with Gasteiger partial charge in [-0.1, -0.05) is 37.3 Å². The fraction of sp³-hybridized carbons (Fsp3) is 0.200. The van der Waals surface area contributed by atoms with Crippen molar-refractivity contribution in [1.29, 1.82) is 0 Å².